The molecule has 0 bridgehead atoms. The van der Waals surface area contributed by atoms with Crippen molar-refractivity contribution >= 4 is 16.4 Å². The van der Waals surface area contributed by atoms with E-state index in [1.807, 2.05) is 0 Å². The summed E-state index contributed by atoms with van der Waals surface area (Å²) in [7, 11) is -4.50. The van der Waals surface area contributed by atoms with Crippen LogP contribution < -0.4 is 0 Å². The highest BCUT2D eigenvalue weighted by Crippen LogP contribution is 2.10. The Hall–Kier alpha value is -0.700. The second-order valence-corrected chi connectivity index (χ2v) is 5.64. The summed E-state index contributed by atoms with van der Waals surface area (Å²) in [5.74, 6) is -0.731. The number of rotatable bonds is 14. The molecule has 0 aliphatic rings. The van der Waals surface area contributed by atoms with Gasteiger partial charge in [-0.3, -0.25) is 9.35 Å². The van der Waals surface area contributed by atoms with Crippen molar-refractivity contribution in [3.63, 3.8) is 0 Å². The van der Waals surface area contributed by atoms with E-state index in [-0.39, 0.29) is 13.0 Å². The van der Waals surface area contributed by atoms with E-state index in [1.54, 1.807) is 0 Å². The van der Waals surface area contributed by atoms with Crippen LogP contribution >= 0.6 is 0 Å². The summed E-state index contributed by atoms with van der Waals surface area (Å²) in [6.45, 7) is 0.134. The van der Waals surface area contributed by atoms with Crippen molar-refractivity contribution in [1.82, 2.24) is 0 Å². The highest BCUT2D eigenvalue weighted by molar-refractivity contribution is 7.80. The van der Waals surface area contributed by atoms with Crippen LogP contribution in [0.4, 0.5) is 0 Å². The van der Waals surface area contributed by atoms with Gasteiger partial charge in [-0.05, 0) is 12.8 Å². The van der Waals surface area contributed by atoms with E-state index >= 15 is 0 Å². The molecule has 0 radical (unpaired) electrons. The minimum absolute atomic E-state index is 0.134. The highest BCUT2D eigenvalue weighted by atomic mass is 32.3. The fourth-order valence-corrected chi connectivity index (χ4v) is 1.96. The Balaban J connectivity index is 3.08. The molecule has 0 saturated carbocycles. The molecule has 0 aromatic rings. The average molecular weight is 312 g/mol. The van der Waals surface area contributed by atoms with E-state index in [0.29, 0.717) is 6.42 Å². The first-order valence-corrected chi connectivity index (χ1v) is 8.28. The summed E-state index contributed by atoms with van der Waals surface area (Å²) < 4.78 is 32.2. The zero-order valence-corrected chi connectivity index (χ0v) is 12.4. The van der Waals surface area contributed by atoms with Crippen LogP contribution in [0.15, 0.2) is 0 Å². The Morgan fingerprint density at radius 3 is 1.75 bits per heavy atom. The first kappa shape index (κ1) is 19.3. The van der Waals surface area contributed by atoms with Gasteiger partial charge in [0.1, 0.15) is 0 Å². The molecule has 120 valence electrons. The minimum Gasteiger partial charge on any atom is -0.481 e. The third-order valence-electron chi connectivity index (χ3n) is 2.75. The van der Waals surface area contributed by atoms with Crippen LogP contribution in [0.1, 0.15) is 64.2 Å². The molecule has 0 unspecified atom stereocenters. The van der Waals surface area contributed by atoms with Crippen molar-refractivity contribution in [3.05, 3.63) is 0 Å². The van der Waals surface area contributed by atoms with Gasteiger partial charge >= 0.3 is 16.4 Å². The van der Waals surface area contributed by atoms with Crippen LogP contribution in [0.3, 0.4) is 0 Å². The minimum atomic E-state index is -4.50. The molecule has 0 aliphatic carbocycles. The summed E-state index contributed by atoms with van der Waals surface area (Å²) in [6.07, 6.45) is 8.99. The van der Waals surface area contributed by atoms with Gasteiger partial charge in [-0.25, -0.2) is 4.89 Å². The first-order chi connectivity index (χ1) is 9.42. The predicted octanol–water partition coefficient (Wildman–Crippen LogP) is 2.72. The first-order valence-electron chi connectivity index (χ1n) is 6.92. The maximum atomic E-state index is 10.3. The highest BCUT2D eigenvalue weighted by Gasteiger charge is 2.04. The lowest BCUT2D eigenvalue weighted by molar-refractivity contribution is -0.208. The molecular formula is C12H24O7S. The second kappa shape index (κ2) is 12.1. The number of hydrogen-bond acceptors (Lipinski definition) is 5. The number of unbranched alkanes of at least 4 members (excludes halogenated alkanes) is 8. The maximum Gasteiger partial charge on any atom is 0.424 e. The van der Waals surface area contributed by atoms with Gasteiger partial charge in [0.05, 0.1) is 6.61 Å². The predicted molar refractivity (Wildman–Crippen MR) is 72.4 cm³/mol. The normalized spacial score (nSPS) is 11.7. The third-order valence-corrected chi connectivity index (χ3v) is 3.02. The summed E-state index contributed by atoms with van der Waals surface area (Å²) in [6, 6.07) is 0. The average Bonchev–Trinajstić information content (AvgIpc) is 2.33. The Morgan fingerprint density at radius 1 is 0.850 bits per heavy atom. The summed E-state index contributed by atoms with van der Waals surface area (Å²) >= 11 is 0. The van der Waals surface area contributed by atoms with Gasteiger partial charge in [0.25, 0.3) is 0 Å². The van der Waals surface area contributed by atoms with Gasteiger partial charge in [0, 0.05) is 6.42 Å². The lowest BCUT2D eigenvalue weighted by Crippen LogP contribution is -2.05. The second-order valence-electron chi connectivity index (χ2n) is 4.64. The lowest BCUT2D eigenvalue weighted by Gasteiger charge is -2.02. The smallest absolute Gasteiger partial charge is 0.424 e. The monoisotopic (exact) mass is 312 g/mol. The van der Waals surface area contributed by atoms with Crippen LogP contribution in [0.25, 0.3) is 0 Å². The summed E-state index contributed by atoms with van der Waals surface area (Å²) in [4.78, 5) is 14.6. The van der Waals surface area contributed by atoms with Crippen molar-refractivity contribution in [3.8, 4) is 0 Å². The molecular weight excluding hydrogens is 288 g/mol. The Kier molecular flexibility index (Phi) is 11.6. The molecule has 2 N–H and O–H groups in total. The Labute approximate surface area is 120 Å². The van der Waals surface area contributed by atoms with E-state index in [9.17, 15) is 13.2 Å². The molecule has 0 heterocycles. The zero-order chi connectivity index (χ0) is 15.3. The van der Waals surface area contributed by atoms with Crippen molar-refractivity contribution < 1.29 is 32.1 Å². The Bertz CT molecular complexity index is 340. The van der Waals surface area contributed by atoms with E-state index < -0.39 is 16.4 Å². The maximum absolute atomic E-state index is 10.3. The molecule has 0 aromatic heterocycles. The van der Waals surface area contributed by atoms with E-state index in [1.165, 1.54) is 0 Å². The van der Waals surface area contributed by atoms with Gasteiger partial charge in [0.15, 0.2) is 0 Å². The molecule has 8 heteroatoms. The molecule has 0 spiro atoms. The van der Waals surface area contributed by atoms with Gasteiger partial charge in [0.2, 0.25) is 0 Å². The number of carbonyl (C=O) groups is 1. The van der Waals surface area contributed by atoms with E-state index in [4.69, 9.17) is 9.66 Å². The molecule has 0 fully saturated rings. The molecule has 0 amide bonds. The number of carboxylic acid groups (broad SMARTS) is 1. The quantitative estimate of drug-likeness (QED) is 0.219. The number of hydrogen-bond donors (Lipinski definition) is 2. The van der Waals surface area contributed by atoms with Gasteiger partial charge in [-0.1, -0.05) is 49.3 Å². The van der Waals surface area contributed by atoms with Crippen LogP contribution in [0.5, 0.6) is 0 Å². The molecule has 0 aromatic carbocycles. The molecule has 0 rings (SSSR count). The van der Waals surface area contributed by atoms with Crippen LogP contribution in [-0.2, 0) is 24.4 Å². The fraction of sp³-hybridized carbons (Fsp3) is 0.917. The standard InChI is InChI=1S/C12H24O7S/c13-12(14)10-8-6-4-2-1-3-5-7-9-11-18-19-20(15,16)17/h1-11H2,(H,13,14)(H,15,16,17). The van der Waals surface area contributed by atoms with Crippen molar-refractivity contribution in [1.29, 1.82) is 0 Å². The van der Waals surface area contributed by atoms with Crippen LogP contribution in [-0.4, -0.2) is 30.7 Å². The topological polar surface area (TPSA) is 110 Å². The molecule has 0 saturated heterocycles. The number of carboxylic acids is 1. The summed E-state index contributed by atoms with van der Waals surface area (Å²) in [5.41, 5.74) is 0. The number of aliphatic carboxylic acids is 1. The molecule has 0 atom stereocenters. The van der Waals surface area contributed by atoms with Crippen molar-refractivity contribution in [2.75, 3.05) is 6.61 Å². The molecule has 20 heavy (non-hydrogen) atoms. The molecule has 0 aliphatic heterocycles. The van der Waals surface area contributed by atoms with E-state index in [0.717, 1.165) is 51.4 Å². The SMILES string of the molecule is O=C(O)CCCCCCCCCCCOOS(=O)(=O)O. The fourth-order valence-electron chi connectivity index (χ4n) is 1.77. The molecule has 7 nitrogen and oxygen atoms in total. The zero-order valence-electron chi connectivity index (χ0n) is 11.6. The lowest BCUT2D eigenvalue weighted by atomic mass is 10.1. The third kappa shape index (κ3) is 17.3. The van der Waals surface area contributed by atoms with Crippen molar-refractivity contribution in [2.24, 2.45) is 0 Å². The van der Waals surface area contributed by atoms with Gasteiger partial charge in [-0.2, -0.15) is 8.42 Å². The van der Waals surface area contributed by atoms with Crippen LogP contribution in [0.2, 0.25) is 0 Å². The summed E-state index contributed by atoms with van der Waals surface area (Å²) in [5, 5.41) is 8.45. The van der Waals surface area contributed by atoms with Crippen molar-refractivity contribution in [2.45, 2.75) is 64.2 Å². The van der Waals surface area contributed by atoms with Gasteiger partial charge < -0.3 is 5.11 Å². The van der Waals surface area contributed by atoms with E-state index in [2.05, 4.69) is 9.22 Å². The van der Waals surface area contributed by atoms with Crippen LogP contribution in [0, 0.1) is 0 Å². The Morgan fingerprint density at radius 2 is 1.30 bits per heavy atom. The largest absolute Gasteiger partial charge is 0.481 e. The van der Waals surface area contributed by atoms with Gasteiger partial charge in [-0.15, -0.1) is 0 Å².